The van der Waals surface area contributed by atoms with Gasteiger partial charge >= 0.3 is 0 Å². The Morgan fingerprint density at radius 3 is 2.21 bits per heavy atom. The number of hydrogen-bond acceptors (Lipinski definition) is 1. The van der Waals surface area contributed by atoms with Crippen molar-refractivity contribution in [1.29, 1.82) is 0 Å². The van der Waals surface area contributed by atoms with Crippen molar-refractivity contribution in [2.45, 2.75) is 37.6 Å². The zero-order valence-electron chi connectivity index (χ0n) is 8.45. The van der Waals surface area contributed by atoms with Crippen LogP contribution in [-0.4, -0.2) is 6.04 Å². The van der Waals surface area contributed by atoms with Gasteiger partial charge in [-0.3, -0.25) is 0 Å². The predicted molar refractivity (Wildman–Crippen MR) is 58.1 cm³/mol. The molecule has 2 aliphatic rings. The van der Waals surface area contributed by atoms with Crippen LogP contribution in [0, 0.1) is 5.41 Å². The fraction of sp³-hybridized carbons (Fsp3) is 0.538. The second-order valence-corrected chi connectivity index (χ2v) is 5.18. The van der Waals surface area contributed by atoms with Crippen molar-refractivity contribution in [2.75, 3.05) is 0 Å². The van der Waals surface area contributed by atoms with Crippen LogP contribution in [0.25, 0.3) is 0 Å². The fourth-order valence-electron chi connectivity index (χ4n) is 3.33. The van der Waals surface area contributed by atoms with Crippen molar-refractivity contribution in [3.05, 3.63) is 35.9 Å². The first-order valence-electron chi connectivity index (χ1n) is 5.58. The summed E-state index contributed by atoms with van der Waals surface area (Å²) < 4.78 is 0. The predicted octanol–water partition coefficient (Wildman–Crippen LogP) is 2.67. The van der Waals surface area contributed by atoms with Gasteiger partial charge in [-0.15, -0.1) is 0 Å². The van der Waals surface area contributed by atoms with E-state index in [1.165, 1.54) is 31.2 Å². The Morgan fingerprint density at radius 1 is 1.00 bits per heavy atom. The second kappa shape index (κ2) is 2.83. The van der Waals surface area contributed by atoms with E-state index in [4.69, 9.17) is 5.73 Å². The summed E-state index contributed by atoms with van der Waals surface area (Å²) >= 11 is 0. The Hall–Kier alpha value is -0.820. The maximum Gasteiger partial charge on any atom is 0.00494 e. The Morgan fingerprint density at radius 2 is 1.64 bits per heavy atom. The van der Waals surface area contributed by atoms with Crippen molar-refractivity contribution in [3.8, 4) is 0 Å². The molecule has 2 fully saturated rings. The van der Waals surface area contributed by atoms with Gasteiger partial charge in [0.25, 0.3) is 0 Å². The van der Waals surface area contributed by atoms with E-state index in [1.807, 2.05) is 0 Å². The van der Waals surface area contributed by atoms with Crippen LogP contribution < -0.4 is 5.73 Å². The first-order valence-corrected chi connectivity index (χ1v) is 5.58. The first kappa shape index (κ1) is 8.49. The summed E-state index contributed by atoms with van der Waals surface area (Å²) in [5.74, 6) is 0.823. The van der Waals surface area contributed by atoms with Crippen molar-refractivity contribution >= 4 is 0 Å². The lowest BCUT2D eigenvalue weighted by Crippen LogP contribution is -2.52. The van der Waals surface area contributed by atoms with Gasteiger partial charge in [-0.25, -0.2) is 0 Å². The van der Waals surface area contributed by atoms with Gasteiger partial charge in [0.1, 0.15) is 0 Å². The van der Waals surface area contributed by atoms with Crippen LogP contribution in [0.2, 0.25) is 0 Å². The summed E-state index contributed by atoms with van der Waals surface area (Å²) in [6.45, 7) is 0. The zero-order valence-corrected chi connectivity index (χ0v) is 8.45. The van der Waals surface area contributed by atoms with Gasteiger partial charge in [0, 0.05) is 6.04 Å². The zero-order chi connectivity index (χ0) is 9.60. The third-order valence-electron chi connectivity index (χ3n) is 4.02. The molecule has 0 heterocycles. The molecule has 3 rings (SSSR count). The van der Waals surface area contributed by atoms with Crippen LogP contribution in [0.5, 0.6) is 0 Å². The molecular formula is C13H17N. The Bertz CT molecular complexity index is 316. The molecule has 0 atom stereocenters. The third-order valence-corrected chi connectivity index (χ3v) is 4.02. The van der Waals surface area contributed by atoms with E-state index in [-0.39, 0.29) is 0 Å². The number of nitrogens with two attached hydrogens (primary N) is 1. The monoisotopic (exact) mass is 187 g/mol. The van der Waals surface area contributed by atoms with Crippen LogP contribution in [0.3, 0.4) is 0 Å². The van der Waals surface area contributed by atoms with Crippen molar-refractivity contribution in [2.24, 2.45) is 11.1 Å². The van der Waals surface area contributed by atoms with E-state index >= 15 is 0 Å². The highest BCUT2D eigenvalue weighted by Gasteiger charge is 2.51. The average Bonchev–Trinajstić information content (AvgIpc) is 2.10. The van der Waals surface area contributed by atoms with E-state index in [0.29, 0.717) is 11.5 Å². The van der Waals surface area contributed by atoms with E-state index in [0.717, 1.165) is 5.92 Å². The number of benzene rings is 1. The van der Waals surface area contributed by atoms with Gasteiger partial charge in [-0.1, -0.05) is 30.3 Å². The minimum Gasteiger partial charge on any atom is -0.328 e. The topological polar surface area (TPSA) is 26.0 Å². The maximum absolute atomic E-state index is 5.85. The van der Waals surface area contributed by atoms with Crippen molar-refractivity contribution < 1.29 is 0 Å². The lowest BCUT2D eigenvalue weighted by molar-refractivity contribution is -0.00819. The quantitative estimate of drug-likeness (QED) is 0.718. The van der Waals surface area contributed by atoms with Crippen LogP contribution >= 0.6 is 0 Å². The minimum atomic E-state index is 0.506. The van der Waals surface area contributed by atoms with Crippen LogP contribution in [-0.2, 0) is 0 Å². The summed E-state index contributed by atoms with van der Waals surface area (Å²) in [5.41, 5.74) is 8.04. The van der Waals surface area contributed by atoms with Crippen LogP contribution in [0.4, 0.5) is 0 Å². The standard InChI is InChI=1S/C13H17N/c14-12-8-13(9-12)6-11(7-13)10-4-2-1-3-5-10/h1-5,11-12H,6-9,14H2. The number of rotatable bonds is 1. The smallest absolute Gasteiger partial charge is 0.00494 e. The van der Waals surface area contributed by atoms with Crippen LogP contribution in [0.1, 0.15) is 37.2 Å². The molecule has 2 saturated carbocycles. The lowest BCUT2D eigenvalue weighted by atomic mass is 9.49. The first-order chi connectivity index (χ1) is 6.77. The normalized spacial score (nSPS) is 40.4. The molecule has 14 heavy (non-hydrogen) atoms. The molecule has 0 radical (unpaired) electrons. The molecule has 0 aromatic heterocycles. The second-order valence-electron chi connectivity index (χ2n) is 5.18. The average molecular weight is 187 g/mol. The molecule has 1 aromatic carbocycles. The Kier molecular flexibility index (Phi) is 1.72. The molecule has 2 N–H and O–H groups in total. The molecule has 0 bridgehead atoms. The summed E-state index contributed by atoms with van der Waals surface area (Å²) in [6.07, 6.45) is 5.31. The highest BCUT2D eigenvalue weighted by atomic mass is 14.7. The summed E-state index contributed by atoms with van der Waals surface area (Å²) in [4.78, 5) is 0. The molecule has 0 amide bonds. The molecule has 0 saturated heterocycles. The molecule has 1 spiro atoms. The molecule has 74 valence electrons. The fourth-order valence-corrected chi connectivity index (χ4v) is 3.33. The summed E-state index contributed by atoms with van der Waals surface area (Å²) in [7, 11) is 0. The van der Waals surface area contributed by atoms with Crippen molar-refractivity contribution in [3.63, 3.8) is 0 Å². The van der Waals surface area contributed by atoms with E-state index in [1.54, 1.807) is 0 Å². The molecule has 1 heteroatoms. The lowest BCUT2D eigenvalue weighted by Gasteiger charge is -2.57. The van der Waals surface area contributed by atoms with Crippen molar-refractivity contribution in [1.82, 2.24) is 0 Å². The maximum atomic E-state index is 5.85. The molecule has 0 aliphatic heterocycles. The van der Waals surface area contributed by atoms with Gasteiger partial charge in [-0.05, 0) is 42.6 Å². The van der Waals surface area contributed by atoms with Crippen LogP contribution in [0.15, 0.2) is 30.3 Å². The van der Waals surface area contributed by atoms with Gasteiger partial charge in [0.15, 0.2) is 0 Å². The molecular weight excluding hydrogens is 170 g/mol. The Labute approximate surface area is 85.3 Å². The SMILES string of the molecule is NC1CC2(C1)CC(c1ccccc1)C2. The van der Waals surface area contributed by atoms with E-state index < -0.39 is 0 Å². The Balaban J connectivity index is 1.65. The van der Waals surface area contributed by atoms with Gasteiger partial charge in [-0.2, -0.15) is 0 Å². The molecule has 2 aliphatic carbocycles. The van der Waals surface area contributed by atoms with Gasteiger partial charge in [0.2, 0.25) is 0 Å². The van der Waals surface area contributed by atoms with E-state index in [9.17, 15) is 0 Å². The highest BCUT2D eigenvalue weighted by molar-refractivity contribution is 5.25. The van der Waals surface area contributed by atoms with Gasteiger partial charge < -0.3 is 5.73 Å². The third kappa shape index (κ3) is 1.19. The van der Waals surface area contributed by atoms with Gasteiger partial charge in [0.05, 0.1) is 0 Å². The summed E-state index contributed by atoms with van der Waals surface area (Å²) in [5, 5.41) is 0. The number of hydrogen-bond donors (Lipinski definition) is 1. The molecule has 0 unspecified atom stereocenters. The highest BCUT2D eigenvalue weighted by Crippen LogP contribution is 2.61. The molecule has 1 aromatic rings. The van der Waals surface area contributed by atoms with E-state index in [2.05, 4.69) is 30.3 Å². The molecule has 1 nitrogen and oxygen atoms in total. The largest absolute Gasteiger partial charge is 0.328 e. The minimum absolute atomic E-state index is 0.506. The summed E-state index contributed by atoms with van der Waals surface area (Å²) in [6, 6.07) is 11.4.